The summed E-state index contributed by atoms with van der Waals surface area (Å²) in [6.07, 6.45) is 4.16. The van der Waals surface area contributed by atoms with Crippen molar-refractivity contribution < 1.29 is 4.79 Å². The molecule has 0 unspecified atom stereocenters. The van der Waals surface area contributed by atoms with Crippen LogP contribution in [0.25, 0.3) is 5.65 Å². The van der Waals surface area contributed by atoms with E-state index in [1.54, 1.807) is 6.92 Å². The van der Waals surface area contributed by atoms with Crippen LogP contribution in [0.3, 0.4) is 0 Å². The van der Waals surface area contributed by atoms with Crippen molar-refractivity contribution in [3.05, 3.63) is 68.4 Å². The van der Waals surface area contributed by atoms with Crippen molar-refractivity contribution in [3.8, 4) is 0 Å². The fraction of sp³-hybridized carbons (Fsp3) is 0.250. The van der Waals surface area contributed by atoms with Crippen LogP contribution in [0.5, 0.6) is 0 Å². The topological polar surface area (TPSA) is 112 Å². The van der Waals surface area contributed by atoms with E-state index in [0.29, 0.717) is 17.8 Å². The van der Waals surface area contributed by atoms with Crippen molar-refractivity contribution in [1.82, 2.24) is 24.7 Å². The number of imidazole rings is 1. The number of aromatic nitrogens is 4. The summed E-state index contributed by atoms with van der Waals surface area (Å²) in [5, 5.41) is 2.78. The molecule has 0 saturated carbocycles. The van der Waals surface area contributed by atoms with E-state index < -0.39 is 11.2 Å². The van der Waals surface area contributed by atoms with Gasteiger partial charge in [0.2, 0.25) is 5.91 Å². The lowest BCUT2D eigenvalue weighted by Gasteiger charge is -2.05. The van der Waals surface area contributed by atoms with E-state index in [9.17, 15) is 14.4 Å². The number of nitrogens with one attached hydrogen (secondary N) is 3. The third kappa shape index (κ3) is 3.43. The summed E-state index contributed by atoms with van der Waals surface area (Å²) in [7, 11) is 0. The summed E-state index contributed by atoms with van der Waals surface area (Å²) >= 11 is 0. The van der Waals surface area contributed by atoms with Crippen LogP contribution in [-0.4, -0.2) is 25.3 Å². The average molecular weight is 327 g/mol. The van der Waals surface area contributed by atoms with Crippen LogP contribution >= 0.6 is 0 Å². The van der Waals surface area contributed by atoms with Gasteiger partial charge in [0.15, 0.2) is 0 Å². The highest BCUT2D eigenvalue weighted by molar-refractivity contribution is 5.76. The predicted octanol–water partition coefficient (Wildman–Crippen LogP) is 0.268. The van der Waals surface area contributed by atoms with E-state index in [1.807, 2.05) is 35.0 Å². The molecule has 3 rings (SSSR count). The molecular formula is C16H17N5O3. The smallest absolute Gasteiger partial charge is 0.325 e. The Morgan fingerprint density at radius 1 is 1.29 bits per heavy atom. The predicted molar refractivity (Wildman–Crippen MR) is 87.8 cm³/mol. The number of nitrogens with zero attached hydrogens (tertiary/aromatic N) is 2. The number of pyridine rings is 1. The van der Waals surface area contributed by atoms with Crippen molar-refractivity contribution in [2.24, 2.45) is 0 Å². The van der Waals surface area contributed by atoms with Gasteiger partial charge in [0.1, 0.15) is 5.65 Å². The molecule has 0 bridgehead atoms. The Hall–Kier alpha value is -3.16. The number of hydrogen-bond acceptors (Lipinski definition) is 4. The van der Waals surface area contributed by atoms with Gasteiger partial charge in [0, 0.05) is 30.1 Å². The third-order valence-electron chi connectivity index (χ3n) is 3.74. The number of rotatable bonds is 5. The monoisotopic (exact) mass is 327 g/mol. The van der Waals surface area contributed by atoms with Gasteiger partial charge in [0.25, 0.3) is 5.56 Å². The van der Waals surface area contributed by atoms with Crippen LogP contribution in [0, 0.1) is 6.92 Å². The number of H-pyrrole nitrogens is 2. The second kappa shape index (κ2) is 6.53. The Morgan fingerprint density at radius 3 is 2.88 bits per heavy atom. The first-order chi connectivity index (χ1) is 11.5. The van der Waals surface area contributed by atoms with Gasteiger partial charge in [-0.2, -0.15) is 0 Å². The van der Waals surface area contributed by atoms with E-state index in [4.69, 9.17) is 0 Å². The SMILES string of the molecule is Cc1[nH]c(=O)[nH]c(=O)c1CCC(=O)NCc1cn2ccccc2n1. The van der Waals surface area contributed by atoms with Crippen molar-refractivity contribution in [1.29, 1.82) is 0 Å². The molecule has 24 heavy (non-hydrogen) atoms. The second-order valence-corrected chi connectivity index (χ2v) is 5.49. The Kier molecular flexibility index (Phi) is 4.28. The molecule has 124 valence electrons. The normalized spacial score (nSPS) is 10.9. The summed E-state index contributed by atoms with van der Waals surface area (Å²) in [5.74, 6) is -0.183. The number of hydrogen-bond donors (Lipinski definition) is 3. The van der Waals surface area contributed by atoms with E-state index in [2.05, 4.69) is 20.3 Å². The van der Waals surface area contributed by atoms with Crippen LogP contribution in [-0.2, 0) is 17.8 Å². The average Bonchev–Trinajstić information content (AvgIpc) is 2.94. The maximum absolute atomic E-state index is 12.0. The Morgan fingerprint density at radius 2 is 2.12 bits per heavy atom. The summed E-state index contributed by atoms with van der Waals surface area (Å²) in [5.41, 5.74) is 1.47. The first-order valence-corrected chi connectivity index (χ1v) is 7.54. The van der Waals surface area contributed by atoms with Gasteiger partial charge in [-0.3, -0.25) is 14.6 Å². The minimum Gasteiger partial charge on any atom is -0.350 e. The molecule has 0 aliphatic rings. The van der Waals surface area contributed by atoms with Crippen molar-refractivity contribution >= 4 is 11.6 Å². The Bertz CT molecular complexity index is 966. The lowest BCUT2D eigenvalue weighted by Crippen LogP contribution is -2.29. The molecule has 3 aromatic heterocycles. The lowest BCUT2D eigenvalue weighted by atomic mass is 10.1. The molecule has 0 spiro atoms. The fourth-order valence-electron chi connectivity index (χ4n) is 2.52. The molecule has 3 aromatic rings. The molecule has 0 aliphatic carbocycles. The van der Waals surface area contributed by atoms with Crippen LogP contribution < -0.4 is 16.6 Å². The van der Waals surface area contributed by atoms with Gasteiger partial charge < -0.3 is 14.7 Å². The highest BCUT2D eigenvalue weighted by atomic mass is 16.2. The van der Waals surface area contributed by atoms with E-state index in [-0.39, 0.29) is 18.7 Å². The lowest BCUT2D eigenvalue weighted by molar-refractivity contribution is -0.121. The quantitative estimate of drug-likeness (QED) is 0.624. The van der Waals surface area contributed by atoms with Crippen LogP contribution in [0.4, 0.5) is 0 Å². The number of carbonyl (C=O) groups excluding carboxylic acids is 1. The highest BCUT2D eigenvalue weighted by Crippen LogP contribution is 2.04. The molecule has 8 heteroatoms. The minimum atomic E-state index is -0.544. The summed E-state index contributed by atoms with van der Waals surface area (Å²) in [6.45, 7) is 1.96. The zero-order valence-corrected chi connectivity index (χ0v) is 13.1. The molecule has 0 atom stereocenters. The molecule has 0 fully saturated rings. The summed E-state index contributed by atoms with van der Waals surface area (Å²) in [4.78, 5) is 43.9. The van der Waals surface area contributed by atoms with Gasteiger partial charge in [-0.1, -0.05) is 6.07 Å². The van der Waals surface area contributed by atoms with Gasteiger partial charge in [0.05, 0.1) is 12.2 Å². The van der Waals surface area contributed by atoms with Crippen LogP contribution in [0.1, 0.15) is 23.4 Å². The number of aromatic amines is 2. The molecule has 0 saturated heterocycles. The second-order valence-electron chi connectivity index (χ2n) is 5.49. The van der Waals surface area contributed by atoms with Crippen LogP contribution in [0.2, 0.25) is 0 Å². The van der Waals surface area contributed by atoms with Gasteiger partial charge >= 0.3 is 5.69 Å². The van der Waals surface area contributed by atoms with E-state index in [1.165, 1.54) is 0 Å². The number of amides is 1. The maximum atomic E-state index is 12.0. The van der Waals surface area contributed by atoms with Crippen molar-refractivity contribution in [2.45, 2.75) is 26.3 Å². The maximum Gasteiger partial charge on any atom is 0.325 e. The van der Waals surface area contributed by atoms with Crippen molar-refractivity contribution in [3.63, 3.8) is 0 Å². The zero-order valence-electron chi connectivity index (χ0n) is 13.1. The van der Waals surface area contributed by atoms with Gasteiger partial charge in [-0.15, -0.1) is 0 Å². The number of carbonyl (C=O) groups is 1. The molecular weight excluding hydrogens is 310 g/mol. The molecule has 3 heterocycles. The summed E-state index contributed by atoms with van der Waals surface area (Å²) in [6, 6.07) is 5.69. The van der Waals surface area contributed by atoms with Gasteiger partial charge in [-0.25, -0.2) is 9.78 Å². The Balaban J connectivity index is 1.58. The fourth-order valence-corrected chi connectivity index (χ4v) is 2.52. The largest absolute Gasteiger partial charge is 0.350 e. The standard InChI is InChI=1S/C16H17N5O3/c1-10-12(15(23)20-16(24)18-10)5-6-14(22)17-8-11-9-21-7-3-2-4-13(21)19-11/h2-4,7,9H,5-6,8H2,1H3,(H,17,22)(H2,18,20,23,24). The molecule has 0 aliphatic heterocycles. The molecule has 3 N–H and O–H groups in total. The highest BCUT2D eigenvalue weighted by Gasteiger charge is 2.09. The summed E-state index contributed by atoms with van der Waals surface area (Å²) < 4.78 is 1.88. The minimum absolute atomic E-state index is 0.156. The van der Waals surface area contributed by atoms with E-state index >= 15 is 0 Å². The van der Waals surface area contributed by atoms with Crippen LogP contribution in [0.15, 0.2) is 40.2 Å². The first kappa shape index (κ1) is 15.7. The molecule has 1 amide bonds. The molecule has 8 nitrogen and oxygen atoms in total. The first-order valence-electron chi connectivity index (χ1n) is 7.54. The third-order valence-corrected chi connectivity index (χ3v) is 3.74. The number of aryl methyl sites for hydroxylation is 1. The number of fused-ring (bicyclic) bond motifs is 1. The molecule has 0 aromatic carbocycles. The molecule has 0 radical (unpaired) electrons. The van der Waals surface area contributed by atoms with E-state index in [0.717, 1.165) is 11.3 Å². The van der Waals surface area contributed by atoms with Crippen molar-refractivity contribution in [2.75, 3.05) is 0 Å². The van der Waals surface area contributed by atoms with Gasteiger partial charge in [-0.05, 0) is 25.5 Å². The Labute approximate surface area is 136 Å². The zero-order chi connectivity index (χ0) is 17.1.